The minimum atomic E-state index is -0.252. The highest BCUT2D eigenvalue weighted by atomic mass is 16.5. The average Bonchev–Trinajstić information content (AvgIpc) is 2.77. The van der Waals surface area contributed by atoms with Crippen LogP contribution in [-0.4, -0.2) is 12.1 Å². The molecule has 31 heavy (non-hydrogen) atoms. The van der Waals surface area contributed by atoms with Crippen LogP contribution in [0, 0.1) is 18.8 Å². The predicted octanol–water partition coefficient (Wildman–Crippen LogP) is 7.81. The zero-order valence-electron chi connectivity index (χ0n) is 19.0. The number of hydrogen-bond donors (Lipinski definition) is 0. The monoisotopic (exact) mass is 410 g/mol. The van der Waals surface area contributed by atoms with Gasteiger partial charge in [-0.15, -0.1) is 0 Å². The molecule has 2 nitrogen and oxygen atoms in total. The minimum absolute atomic E-state index is 0.124. The standard InChI is InChI=1S/C29H30O2/c1-18(2)28(19(3)4)31-29(30)26-17-15-21-10-6-7-12-23(21)27(26)25-16-14-20(5)22-11-8-9-13-24(22)25/h6-19,28H,1-5H3. The van der Waals surface area contributed by atoms with Crippen molar-refractivity contribution in [1.82, 2.24) is 0 Å². The molecule has 0 aliphatic heterocycles. The molecule has 0 aromatic heterocycles. The Morgan fingerprint density at radius 1 is 0.710 bits per heavy atom. The first-order valence-electron chi connectivity index (χ1n) is 11.1. The van der Waals surface area contributed by atoms with Crippen molar-refractivity contribution in [2.24, 2.45) is 11.8 Å². The van der Waals surface area contributed by atoms with Gasteiger partial charge in [-0.05, 0) is 57.5 Å². The average molecular weight is 411 g/mol. The SMILES string of the molecule is Cc1ccc(-c2c(C(=O)OC(C(C)C)C(C)C)ccc3ccccc23)c2ccccc12. The Kier molecular flexibility index (Phi) is 5.82. The van der Waals surface area contributed by atoms with Crippen molar-refractivity contribution < 1.29 is 9.53 Å². The van der Waals surface area contributed by atoms with Crippen LogP contribution in [0.4, 0.5) is 0 Å². The second kappa shape index (κ2) is 8.55. The number of aryl methyl sites for hydroxylation is 1. The lowest BCUT2D eigenvalue weighted by molar-refractivity contribution is 0.00334. The number of ether oxygens (including phenoxy) is 1. The van der Waals surface area contributed by atoms with Crippen LogP contribution in [0.5, 0.6) is 0 Å². The summed E-state index contributed by atoms with van der Waals surface area (Å²) >= 11 is 0. The lowest BCUT2D eigenvalue weighted by Gasteiger charge is -2.26. The van der Waals surface area contributed by atoms with Crippen molar-refractivity contribution in [3.8, 4) is 11.1 Å². The lowest BCUT2D eigenvalue weighted by Crippen LogP contribution is -2.29. The van der Waals surface area contributed by atoms with Crippen LogP contribution in [0.3, 0.4) is 0 Å². The highest BCUT2D eigenvalue weighted by Gasteiger charge is 2.25. The van der Waals surface area contributed by atoms with Gasteiger partial charge in [-0.1, -0.05) is 94.4 Å². The normalized spacial score (nSPS) is 11.7. The van der Waals surface area contributed by atoms with Gasteiger partial charge in [0, 0.05) is 5.56 Å². The van der Waals surface area contributed by atoms with Gasteiger partial charge in [0.15, 0.2) is 0 Å². The summed E-state index contributed by atoms with van der Waals surface area (Å²) in [5, 5.41) is 4.53. The van der Waals surface area contributed by atoms with Crippen molar-refractivity contribution in [3.63, 3.8) is 0 Å². The molecule has 0 spiro atoms. The van der Waals surface area contributed by atoms with Crippen LogP contribution < -0.4 is 0 Å². The smallest absolute Gasteiger partial charge is 0.339 e. The van der Waals surface area contributed by atoms with Gasteiger partial charge >= 0.3 is 5.97 Å². The van der Waals surface area contributed by atoms with Crippen LogP contribution in [0.1, 0.15) is 43.6 Å². The molecule has 0 N–H and O–H groups in total. The number of carbonyl (C=O) groups is 1. The van der Waals surface area contributed by atoms with E-state index in [1.54, 1.807) is 0 Å². The van der Waals surface area contributed by atoms with Gasteiger partial charge < -0.3 is 4.74 Å². The van der Waals surface area contributed by atoms with E-state index in [-0.39, 0.29) is 23.9 Å². The summed E-state index contributed by atoms with van der Waals surface area (Å²) < 4.78 is 6.07. The second-order valence-corrected chi connectivity index (χ2v) is 9.04. The van der Waals surface area contributed by atoms with Gasteiger partial charge in [0.25, 0.3) is 0 Å². The molecular weight excluding hydrogens is 380 g/mol. The molecule has 0 aliphatic carbocycles. The first-order chi connectivity index (χ1) is 14.9. The van der Waals surface area contributed by atoms with Gasteiger partial charge in [-0.3, -0.25) is 0 Å². The summed E-state index contributed by atoms with van der Waals surface area (Å²) in [5.74, 6) is 0.263. The van der Waals surface area contributed by atoms with Crippen LogP contribution >= 0.6 is 0 Å². The van der Waals surface area contributed by atoms with Crippen molar-refractivity contribution in [2.75, 3.05) is 0 Å². The Morgan fingerprint density at radius 2 is 1.32 bits per heavy atom. The number of rotatable bonds is 5. The molecule has 0 aliphatic rings. The molecule has 0 radical (unpaired) electrons. The molecule has 4 aromatic carbocycles. The summed E-state index contributed by atoms with van der Waals surface area (Å²) in [5.41, 5.74) is 3.86. The highest BCUT2D eigenvalue weighted by Crippen LogP contribution is 2.38. The third-order valence-corrected chi connectivity index (χ3v) is 6.12. The molecule has 2 heteroatoms. The third kappa shape index (κ3) is 3.95. The van der Waals surface area contributed by atoms with E-state index in [0.29, 0.717) is 5.56 Å². The Balaban J connectivity index is 1.97. The van der Waals surface area contributed by atoms with Crippen molar-refractivity contribution in [3.05, 3.63) is 83.9 Å². The predicted molar refractivity (Wildman–Crippen MR) is 131 cm³/mol. The van der Waals surface area contributed by atoms with Crippen LogP contribution in [0.25, 0.3) is 32.7 Å². The van der Waals surface area contributed by atoms with Gasteiger partial charge in [0.1, 0.15) is 6.10 Å². The number of carbonyl (C=O) groups excluding carboxylic acids is 1. The minimum Gasteiger partial charge on any atom is -0.458 e. The fourth-order valence-electron chi connectivity index (χ4n) is 4.63. The molecule has 0 heterocycles. The topological polar surface area (TPSA) is 26.3 Å². The van der Waals surface area contributed by atoms with Gasteiger partial charge in [-0.2, -0.15) is 0 Å². The van der Waals surface area contributed by atoms with Crippen molar-refractivity contribution in [2.45, 2.75) is 40.7 Å². The van der Waals surface area contributed by atoms with E-state index in [1.807, 2.05) is 24.3 Å². The number of fused-ring (bicyclic) bond motifs is 2. The van der Waals surface area contributed by atoms with E-state index in [0.717, 1.165) is 27.3 Å². The van der Waals surface area contributed by atoms with Crippen LogP contribution in [-0.2, 0) is 4.74 Å². The maximum atomic E-state index is 13.5. The number of esters is 1. The zero-order valence-corrected chi connectivity index (χ0v) is 19.0. The third-order valence-electron chi connectivity index (χ3n) is 6.12. The molecule has 4 rings (SSSR count). The molecule has 0 saturated carbocycles. The summed E-state index contributed by atoms with van der Waals surface area (Å²) in [4.78, 5) is 13.5. The van der Waals surface area contributed by atoms with Crippen molar-refractivity contribution >= 4 is 27.5 Å². The van der Waals surface area contributed by atoms with Crippen molar-refractivity contribution in [1.29, 1.82) is 0 Å². The number of benzene rings is 4. The number of hydrogen-bond acceptors (Lipinski definition) is 2. The van der Waals surface area contributed by atoms with Gasteiger partial charge in [0.05, 0.1) is 5.56 Å². The maximum Gasteiger partial charge on any atom is 0.339 e. The molecule has 4 aromatic rings. The van der Waals surface area contributed by atoms with E-state index in [4.69, 9.17) is 4.74 Å². The molecule has 0 unspecified atom stereocenters. The fraction of sp³-hybridized carbons (Fsp3) is 0.276. The Morgan fingerprint density at radius 3 is 2.00 bits per heavy atom. The second-order valence-electron chi connectivity index (χ2n) is 9.04. The largest absolute Gasteiger partial charge is 0.458 e. The molecule has 0 bridgehead atoms. The molecule has 0 atom stereocenters. The van der Waals surface area contributed by atoms with E-state index < -0.39 is 0 Å². The van der Waals surface area contributed by atoms with Gasteiger partial charge in [0.2, 0.25) is 0 Å². The summed E-state index contributed by atoms with van der Waals surface area (Å²) in [6.07, 6.45) is -0.124. The quantitative estimate of drug-likeness (QED) is 0.314. The van der Waals surface area contributed by atoms with E-state index >= 15 is 0 Å². The molecule has 158 valence electrons. The van der Waals surface area contributed by atoms with Crippen LogP contribution in [0.15, 0.2) is 72.8 Å². The summed E-state index contributed by atoms with van der Waals surface area (Å²) in [7, 11) is 0. The summed E-state index contributed by atoms with van der Waals surface area (Å²) in [6, 6.07) is 24.9. The Bertz CT molecular complexity index is 1240. The van der Waals surface area contributed by atoms with E-state index in [9.17, 15) is 4.79 Å². The van der Waals surface area contributed by atoms with E-state index in [1.165, 1.54) is 10.9 Å². The van der Waals surface area contributed by atoms with Gasteiger partial charge in [-0.25, -0.2) is 4.79 Å². The van der Waals surface area contributed by atoms with Crippen LogP contribution in [0.2, 0.25) is 0 Å². The van der Waals surface area contributed by atoms with E-state index in [2.05, 4.69) is 83.1 Å². The Labute approximate surface area is 184 Å². The Hall–Kier alpha value is -3.13. The molecule has 0 saturated heterocycles. The highest BCUT2D eigenvalue weighted by molar-refractivity contribution is 6.13. The summed E-state index contributed by atoms with van der Waals surface area (Å²) in [6.45, 7) is 10.5. The molecule has 0 amide bonds. The fourth-order valence-corrected chi connectivity index (χ4v) is 4.63. The molecule has 0 fully saturated rings. The lowest BCUT2D eigenvalue weighted by atomic mass is 9.89. The molecular formula is C29H30O2. The first-order valence-corrected chi connectivity index (χ1v) is 11.1. The zero-order chi connectivity index (χ0) is 22.1. The first kappa shape index (κ1) is 21.1. The maximum absolute atomic E-state index is 13.5.